The molecule has 0 spiro atoms. The first-order valence-electron chi connectivity index (χ1n) is 19.0. The Morgan fingerprint density at radius 2 is 0.706 bits per heavy atom. The van der Waals surface area contributed by atoms with E-state index in [9.17, 15) is 0 Å². The second-order valence-corrected chi connectivity index (χ2v) is 11.5. The second-order valence-electron chi connectivity index (χ2n) is 11.5. The Morgan fingerprint density at radius 1 is 0.392 bits per heavy atom. The molecule has 0 amide bonds. The van der Waals surface area contributed by atoms with Crippen molar-refractivity contribution in [2.24, 2.45) is 0 Å². The second kappa shape index (κ2) is 41.1. The van der Waals surface area contributed by atoms with E-state index in [4.69, 9.17) is 56.8 Å². The summed E-state index contributed by atoms with van der Waals surface area (Å²) < 4.78 is 65.9. The third-order valence-electron chi connectivity index (χ3n) is 7.19. The quantitative estimate of drug-likeness (QED) is 0.0640. The number of aryl methyl sites for hydroxylation is 1. The zero-order valence-electron chi connectivity index (χ0n) is 31.7. The number of unbranched alkanes of at least 4 members (excludes halogenated alkanes) is 5. The predicted molar refractivity (Wildman–Crippen MR) is 198 cm³/mol. The first-order valence-corrected chi connectivity index (χ1v) is 19.0. The molecule has 0 saturated carbocycles. The molecule has 0 aromatic heterocycles. The van der Waals surface area contributed by atoms with E-state index in [1.165, 1.54) is 44.1 Å². The van der Waals surface area contributed by atoms with Crippen molar-refractivity contribution in [2.75, 3.05) is 152 Å². The van der Waals surface area contributed by atoms with E-state index in [1.807, 2.05) is 0 Å². The maximum atomic E-state index is 5.77. The highest BCUT2D eigenvalue weighted by molar-refractivity contribution is 5.27. The maximum Gasteiger partial charge on any atom is 0.119 e. The summed E-state index contributed by atoms with van der Waals surface area (Å²) in [6.07, 6.45) is 10.8. The molecule has 0 heterocycles. The molecule has 0 fully saturated rings. The van der Waals surface area contributed by atoms with Gasteiger partial charge in [-0.2, -0.15) is 0 Å². The average Bonchev–Trinajstić information content (AvgIpc) is 3.15. The van der Waals surface area contributed by atoms with Gasteiger partial charge in [-0.15, -0.1) is 6.58 Å². The van der Waals surface area contributed by atoms with Gasteiger partial charge in [0.2, 0.25) is 0 Å². The summed E-state index contributed by atoms with van der Waals surface area (Å²) in [7, 11) is 0. The van der Waals surface area contributed by atoms with Crippen molar-refractivity contribution in [3.05, 3.63) is 42.5 Å². The molecule has 0 aliphatic carbocycles. The SMILES string of the molecule is C=CCOCCOCCOCCOCCOCCOCCOCCOCCOCCOCCOCCOc1ccc(CCCCCCCC)cc1. The van der Waals surface area contributed by atoms with E-state index in [1.54, 1.807) is 6.08 Å². The molecule has 0 N–H and O–H groups in total. The molecule has 12 nitrogen and oxygen atoms in total. The van der Waals surface area contributed by atoms with Crippen LogP contribution in [0.4, 0.5) is 0 Å². The van der Waals surface area contributed by atoms with Crippen LogP contribution in [0.1, 0.15) is 51.0 Å². The van der Waals surface area contributed by atoms with Crippen molar-refractivity contribution in [2.45, 2.75) is 51.9 Å². The third-order valence-corrected chi connectivity index (χ3v) is 7.19. The van der Waals surface area contributed by atoms with Crippen LogP contribution >= 0.6 is 0 Å². The van der Waals surface area contributed by atoms with E-state index in [0.717, 1.165) is 12.2 Å². The van der Waals surface area contributed by atoms with Crippen LogP contribution < -0.4 is 4.74 Å². The monoisotopic (exact) mass is 730 g/mol. The van der Waals surface area contributed by atoms with Crippen LogP contribution in [0.25, 0.3) is 0 Å². The zero-order valence-corrected chi connectivity index (χ0v) is 31.7. The fourth-order valence-electron chi connectivity index (χ4n) is 4.45. The summed E-state index contributed by atoms with van der Waals surface area (Å²) in [5, 5.41) is 0. The Balaban J connectivity index is 1.68. The molecule has 0 saturated heterocycles. The lowest BCUT2D eigenvalue weighted by atomic mass is 10.0. The van der Waals surface area contributed by atoms with Crippen LogP contribution in [-0.2, 0) is 58.5 Å². The molecule has 298 valence electrons. The lowest BCUT2D eigenvalue weighted by Crippen LogP contribution is -2.15. The molecule has 0 bridgehead atoms. The summed E-state index contributed by atoms with van der Waals surface area (Å²) in [5.41, 5.74) is 1.38. The molecule has 0 aliphatic heterocycles. The molecular formula is C39H70O12. The smallest absolute Gasteiger partial charge is 0.119 e. The molecule has 51 heavy (non-hydrogen) atoms. The van der Waals surface area contributed by atoms with Gasteiger partial charge >= 0.3 is 0 Å². The van der Waals surface area contributed by atoms with Crippen LogP contribution in [-0.4, -0.2) is 152 Å². The Bertz CT molecular complexity index is 814. The van der Waals surface area contributed by atoms with Crippen LogP contribution in [0, 0.1) is 0 Å². The van der Waals surface area contributed by atoms with E-state index >= 15 is 0 Å². The molecule has 0 aliphatic rings. The van der Waals surface area contributed by atoms with E-state index < -0.39 is 0 Å². The van der Waals surface area contributed by atoms with Crippen molar-refractivity contribution in [1.82, 2.24) is 0 Å². The van der Waals surface area contributed by atoms with E-state index in [2.05, 4.69) is 37.8 Å². The van der Waals surface area contributed by atoms with Crippen molar-refractivity contribution in [1.29, 1.82) is 0 Å². The number of ether oxygens (including phenoxy) is 12. The van der Waals surface area contributed by atoms with Gasteiger partial charge in [-0.05, 0) is 30.5 Å². The minimum Gasteiger partial charge on any atom is -0.491 e. The highest BCUT2D eigenvalue weighted by Crippen LogP contribution is 2.15. The van der Waals surface area contributed by atoms with Gasteiger partial charge in [0.25, 0.3) is 0 Å². The van der Waals surface area contributed by atoms with Crippen molar-refractivity contribution >= 4 is 0 Å². The molecular weight excluding hydrogens is 660 g/mol. The lowest BCUT2D eigenvalue weighted by Gasteiger charge is -2.09. The fourth-order valence-corrected chi connectivity index (χ4v) is 4.45. The molecule has 1 rings (SSSR count). The summed E-state index contributed by atoms with van der Waals surface area (Å²) in [5.74, 6) is 0.885. The molecule has 1 aromatic carbocycles. The number of hydrogen-bond donors (Lipinski definition) is 0. The summed E-state index contributed by atoms with van der Waals surface area (Å²) >= 11 is 0. The van der Waals surface area contributed by atoms with Gasteiger partial charge in [-0.1, -0.05) is 57.2 Å². The molecule has 1 aromatic rings. The predicted octanol–water partition coefficient (Wildman–Crippen LogP) is 5.34. The summed E-state index contributed by atoms with van der Waals surface area (Å²) in [6.45, 7) is 17.9. The van der Waals surface area contributed by atoms with Gasteiger partial charge in [0, 0.05) is 0 Å². The third kappa shape index (κ3) is 36.5. The van der Waals surface area contributed by atoms with E-state index in [-0.39, 0.29) is 0 Å². The highest BCUT2D eigenvalue weighted by Gasteiger charge is 1.99. The normalized spacial score (nSPS) is 11.4. The van der Waals surface area contributed by atoms with Crippen molar-refractivity contribution in [3.8, 4) is 5.75 Å². The largest absolute Gasteiger partial charge is 0.491 e. The van der Waals surface area contributed by atoms with Gasteiger partial charge in [0.1, 0.15) is 12.4 Å². The van der Waals surface area contributed by atoms with E-state index in [0.29, 0.717) is 152 Å². The lowest BCUT2D eigenvalue weighted by molar-refractivity contribution is -0.0275. The molecule has 0 atom stereocenters. The Hall–Kier alpha value is -1.68. The Kier molecular flexibility index (Phi) is 38.1. The Morgan fingerprint density at radius 3 is 1.06 bits per heavy atom. The van der Waals surface area contributed by atoms with Gasteiger partial charge < -0.3 is 56.8 Å². The number of rotatable bonds is 43. The highest BCUT2D eigenvalue weighted by atomic mass is 16.6. The van der Waals surface area contributed by atoms with Crippen molar-refractivity contribution in [3.63, 3.8) is 0 Å². The first-order chi connectivity index (χ1) is 25.4. The minimum absolute atomic E-state index is 0.512. The molecule has 12 heteroatoms. The van der Waals surface area contributed by atoms with Crippen LogP contribution in [0.5, 0.6) is 5.75 Å². The van der Waals surface area contributed by atoms with Gasteiger partial charge in [0.05, 0.1) is 145 Å². The number of hydrogen-bond acceptors (Lipinski definition) is 12. The minimum atomic E-state index is 0.512. The number of benzene rings is 1. The van der Waals surface area contributed by atoms with Crippen LogP contribution in [0.15, 0.2) is 36.9 Å². The van der Waals surface area contributed by atoms with Gasteiger partial charge in [-0.3, -0.25) is 0 Å². The summed E-state index contributed by atoms with van der Waals surface area (Å²) in [4.78, 5) is 0. The average molecular weight is 731 g/mol. The molecule has 0 radical (unpaired) electrons. The zero-order chi connectivity index (χ0) is 36.4. The Labute approximate surface area is 308 Å². The fraction of sp³-hybridized carbons (Fsp3) is 0.795. The standard InChI is InChI=1S/C39H70O12/c1-3-5-6-7-8-9-10-38-11-13-39(14-12-38)51-37-36-50-35-34-49-33-32-48-31-30-47-29-28-46-27-26-45-25-24-44-23-22-43-21-20-42-19-18-41-17-16-40-15-4-2/h4,11-14H,2-3,5-10,15-37H2,1H3. The van der Waals surface area contributed by atoms with Crippen molar-refractivity contribution < 1.29 is 56.8 Å². The van der Waals surface area contributed by atoms with Crippen LogP contribution in [0.3, 0.4) is 0 Å². The van der Waals surface area contributed by atoms with Gasteiger partial charge in [0.15, 0.2) is 0 Å². The van der Waals surface area contributed by atoms with Crippen LogP contribution in [0.2, 0.25) is 0 Å². The maximum absolute atomic E-state index is 5.77. The first kappa shape index (κ1) is 47.3. The topological polar surface area (TPSA) is 111 Å². The molecule has 0 unspecified atom stereocenters. The van der Waals surface area contributed by atoms with Gasteiger partial charge in [-0.25, -0.2) is 0 Å². The summed E-state index contributed by atoms with van der Waals surface area (Å²) in [6, 6.07) is 8.44.